The van der Waals surface area contributed by atoms with Gasteiger partial charge < -0.3 is 0 Å². The third-order valence-corrected chi connectivity index (χ3v) is 3.57. The van der Waals surface area contributed by atoms with Gasteiger partial charge in [-0.3, -0.25) is 4.98 Å². The molecule has 1 aromatic carbocycles. The van der Waals surface area contributed by atoms with Crippen LogP contribution in [-0.2, 0) is 0 Å². The van der Waals surface area contributed by atoms with Crippen molar-refractivity contribution in [2.75, 3.05) is 0 Å². The molecule has 20 heavy (non-hydrogen) atoms. The normalized spacial score (nSPS) is 11.1. The summed E-state index contributed by atoms with van der Waals surface area (Å²) in [4.78, 5) is 8.57. The van der Waals surface area contributed by atoms with E-state index in [1.165, 1.54) is 12.1 Å². The van der Waals surface area contributed by atoms with E-state index >= 15 is 0 Å². The molecule has 4 heteroatoms. The van der Waals surface area contributed by atoms with Gasteiger partial charge in [0.1, 0.15) is 10.8 Å². The highest BCUT2D eigenvalue weighted by Gasteiger charge is 2.02. The van der Waals surface area contributed by atoms with E-state index < -0.39 is 0 Å². The first-order valence-corrected chi connectivity index (χ1v) is 6.99. The Kier molecular flexibility index (Phi) is 3.65. The standard InChI is InChI=1S/C16H11FN2S/c17-14-6-4-13(5-7-14)15-11-20-16(19-15)8-3-12-2-1-9-18-10-12/h1-11H. The Morgan fingerprint density at radius 1 is 1.05 bits per heavy atom. The number of halogens is 1. The molecule has 3 rings (SSSR count). The molecule has 0 radical (unpaired) electrons. The fourth-order valence-corrected chi connectivity index (χ4v) is 2.48. The maximum atomic E-state index is 12.9. The predicted molar refractivity (Wildman–Crippen MR) is 80.7 cm³/mol. The SMILES string of the molecule is Fc1ccc(-c2csc(C=Cc3cccnc3)n2)cc1. The summed E-state index contributed by atoms with van der Waals surface area (Å²) in [7, 11) is 0. The molecule has 2 nitrogen and oxygen atoms in total. The van der Waals surface area contributed by atoms with Crippen LogP contribution in [0.25, 0.3) is 23.4 Å². The zero-order valence-electron chi connectivity index (χ0n) is 10.5. The molecule has 2 aromatic heterocycles. The molecule has 2 heterocycles. The summed E-state index contributed by atoms with van der Waals surface area (Å²) in [5.41, 5.74) is 2.82. The molecular formula is C16H11FN2S. The van der Waals surface area contributed by atoms with Crippen LogP contribution in [0.5, 0.6) is 0 Å². The summed E-state index contributed by atoms with van der Waals surface area (Å²) in [6.07, 6.45) is 7.47. The molecular weight excluding hydrogens is 271 g/mol. The first-order chi connectivity index (χ1) is 9.81. The van der Waals surface area contributed by atoms with Crippen molar-refractivity contribution in [3.63, 3.8) is 0 Å². The van der Waals surface area contributed by atoms with E-state index in [4.69, 9.17) is 0 Å². The second kappa shape index (κ2) is 5.75. The van der Waals surface area contributed by atoms with Crippen LogP contribution in [0.4, 0.5) is 4.39 Å². The van der Waals surface area contributed by atoms with Crippen LogP contribution in [0.1, 0.15) is 10.6 Å². The van der Waals surface area contributed by atoms with Gasteiger partial charge in [-0.25, -0.2) is 9.37 Å². The first-order valence-electron chi connectivity index (χ1n) is 6.11. The van der Waals surface area contributed by atoms with Gasteiger partial charge >= 0.3 is 0 Å². The van der Waals surface area contributed by atoms with E-state index in [0.29, 0.717) is 0 Å². The molecule has 0 saturated carbocycles. The zero-order chi connectivity index (χ0) is 13.8. The minimum atomic E-state index is -0.235. The largest absolute Gasteiger partial charge is 0.264 e. The summed E-state index contributed by atoms with van der Waals surface area (Å²) in [6, 6.07) is 10.2. The van der Waals surface area contributed by atoms with Crippen LogP contribution < -0.4 is 0 Å². The smallest absolute Gasteiger partial charge is 0.123 e. The van der Waals surface area contributed by atoms with E-state index in [0.717, 1.165) is 21.8 Å². The molecule has 98 valence electrons. The van der Waals surface area contributed by atoms with Gasteiger partial charge in [-0.2, -0.15) is 0 Å². The first kappa shape index (κ1) is 12.7. The van der Waals surface area contributed by atoms with Gasteiger partial charge in [0, 0.05) is 23.3 Å². The molecule has 0 bridgehead atoms. The lowest BCUT2D eigenvalue weighted by Crippen LogP contribution is -1.79. The number of nitrogens with zero attached hydrogens (tertiary/aromatic N) is 2. The monoisotopic (exact) mass is 282 g/mol. The van der Waals surface area contributed by atoms with Crippen molar-refractivity contribution >= 4 is 23.5 Å². The second-order valence-corrected chi connectivity index (χ2v) is 5.09. The minimum absolute atomic E-state index is 0.235. The van der Waals surface area contributed by atoms with Gasteiger partial charge in [0.15, 0.2) is 0 Å². The van der Waals surface area contributed by atoms with Gasteiger partial charge in [0.25, 0.3) is 0 Å². The number of hydrogen-bond donors (Lipinski definition) is 0. The molecule has 0 aliphatic carbocycles. The zero-order valence-corrected chi connectivity index (χ0v) is 11.3. The minimum Gasteiger partial charge on any atom is -0.264 e. The lowest BCUT2D eigenvalue weighted by Gasteiger charge is -1.95. The summed E-state index contributed by atoms with van der Waals surface area (Å²) in [6.45, 7) is 0. The number of rotatable bonds is 3. The fourth-order valence-electron chi connectivity index (χ4n) is 1.76. The van der Waals surface area contributed by atoms with Crippen molar-refractivity contribution in [1.29, 1.82) is 0 Å². The molecule has 0 atom stereocenters. The van der Waals surface area contributed by atoms with Crippen LogP contribution in [0, 0.1) is 5.82 Å². The van der Waals surface area contributed by atoms with Crippen LogP contribution in [0.15, 0.2) is 54.2 Å². The maximum absolute atomic E-state index is 12.9. The van der Waals surface area contributed by atoms with Gasteiger partial charge in [0.05, 0.1) is 5.69 Å². The van der Waals surface area contributed by atoms with Crippen molar-refractivity contribution in [2.24, 2.45) is 0 Å². The lowest BCUT2D eigenvalue weighted by atomic mass is 10.2. The second-order valence-electron chi connectivity index (χ2n) is 4.20. The third-order valence-electron chi connectivity index (χ3n) is 2.76. The molecule has 0 aliphatic rings. The highest BCUT2D eigenvalue weighted by Crippen LogP contribution is 2.23. The van der Waals surface area contributed by atoms with E-state index in [9.17, 15) is 4.39 Å². The van der Waals surface area contributed by atoms with Crippen LogP contribution in [0.2, 0.25) is 0 Å². The Hall–Kier alpha value is -2.33. The van der Waals surface area contributed by atoms with Crippen LogP contribution >= 0.6 is 11.3 Å². The summed E-state index contributed by atoms with van der Waals surface area (Å²) in [5, 5.41) is 2.88. The molecule has 0 spiro atoms. The van der Waals surface area contributed by atoms with E-state index in [1.54, 1.807) is 35.9 Å². The number of thiazole rings is 1. The van der Waals surface area contributed by atoms with Crippen molar-refractivity contribution < 1.29 is 4.39 Å². The Balaban J connectivity index is 1.80. The summed E-state index contributed by atoms with van der Waals surface area (Å²) in [5.74, 6) is -0.235. The number of benzene rings is 1. The topological polar surface area (TPSA) is 25.8 Å². The van der Waals surface area contributed by atoms with E-state index in [1.807, 2.05) is 29.7 Å². The Labute approximate surface area is 120 Å². The lowest BCUT2D eigenvalue weighted by molar-refractivity contribution is 0.628. The third kappa shape index (κ3) is 2.97. The molecule has 0 fully saturated rings. The van der Waals surface area contributed by atoms with Crippen molar-refractivity contribution in [1.82, 2.24) is 9.97 Å². The summed E-state index contributed by atoms with van der Waals surface area (Å²) >= 11 is 1.56. The Morgan fingerprint density at radius 2 is 1.90 bits per heavy atom. The highest BCUT2D eigenvalue weighted by atomic mass is 32.1. The average Bonchev–Trinajstić information content (AvgIpc) is 2.96. The summed E-state index contributed by atoms with van der Waals surface area (Å²) < 4.78 is 12.9. The van der Waals surface area contributed by atoms with Gasteiger partial charge in [-0.15, -0.1) is 11.3 Å². The van der Waals surface area contributed by atoms with Crippen molar-refractivity contribution in [3.8, 4) is 11.3 Å². The molecule has 0 unspecified atom stereocenters. The van der Waals surface area contributed by atoms with Crippen LogP contribution in [0.3, 0.4) is 0 Å². The Bertz CT molecular complexity index is 718. The van der Waals surface area contributed by atoms with E-state index in [-0.39, 0.29) is 5.82 Å². The van der Waals surface area contributed by atoms with Gasteiger partial charge in [0.2, 0.25) is 0 Å². The van der Waals surface area contributed by atoms with Gasteiger partial charge in [-0.1, -0.05) is 12.1 Å². The van der Waals surface area contributed by atoms with Crippen molar-refractivity contribution in [3.05, 3.63) is 70.6 Å². The number of aromatic nitrogens is 2. The predicted octanol–water partition coefficient (Wildman–Crippen LogP) is 4.51. The highest BCUT2D eigenvalue weighted by molar-refractivity contribution is 7.10. The number of hydrogen-bond acceptors (Lipinski definition) is 3. The molecule has 0 aliphatic heterocycles. The van der Waals surface area contributed by atoms with E-state index in [2.05, 4.69) is 9.97 Å². The van der Waals surface area contributed by atoms with Crippen LogP contribution in [-0.4, -0.2) is 9.97 Å². The van der Waals surface area contributed by atoms with Gasteiger partial charge in [-0.05, 0) is 42.0 Å². The molecule has 3 aromatic rings. The van der Waals surface area contributed by atoms with Crippen molar-refractivity contribution in [2.45, 2.75) is 0 Å². The Morgan fingerprint density at radius 3 is 2.65 bits per heavy atom. The molecule has 0 amide bonds. The fraction of sp³-hybridized carbons (Fsp3) is 0. The molecule has 0 saturated heterocycles. The average molecular weight is 282 g/mol. The molecule has 0 N–H and O–H groups in total. The maximum Gasteiger partial charge on any atom is 0.123 e. The quantitative estimate of drug-likeness (QED) is 0.706. The number of pyridine rings is 1.